The summed E-state index contributed by atoms with van der Waals surface area (Å²) in [5.74, 6) is 1.15. The van der Waals surface area contributed by atoms with Crippen LogP contribution in [0.1, 0.15) is 22.5 Å². The molecule has 4 aromatic rings. The maximum Gasteiger partial charge on any atom is 0.267 e. The number of hydrogen-bond acceptors (Lipinski definition) is 7. The van der Waals surface area contributed by atoms with Gasteiger partial charge in [0.15, 0.2) is 5.17 Å². The molecular weight excluding hydrogens is 566 g/mol. The van der Waals surface area contributed by atoms with E-state index in [0.717, 1.165) is 21.3 Å². The van der Waals surface area contributed by atoms with E-state index in [2.05, 4.69) is 26.1 Å². The molecule has 0 spiro atoms. The molecule has 1 fully saturated rings. The number of thioether (sulfide) groups is 1. The minimum atomic E-state index is -0.254. The normalized spacial score (nSPS) is 15.7. The van der Waals surface area contributed by atoms with E-state index in [1.807, 2.05) is 54.6 Å². The molecule has 1 N–H and O–H groups in total. The van der Waals surface area contributed by atoms with Gasteiger partial charge in [-0.1, -0.05) is 58.4 Å². The van der Waals surface area contributed by atoms with E-state index in [-0.39, 0.29) is 18.2 Å². The molecule has 3 aromatic carbocycles. The zero-order chi connectivity index (χ0) is 26.3. The topological polar surface area (TPSA) is 87.6 Å². The van der Waals surface area contributed by atoms with Gasteiger partial charge in [-0.3, -0.25) is 9.69 Å². The number of halogens is 1. The number of benzene rings is 3. The minimum Gasteiger partial charge on any atom is -0.507 e. The highest BCUT2D eigenvalue weighted by atomic mass is 79.9. The number of amides is 1. The van der Waals surface area contributed by atoms with Crippen molar-refractivity contribution in [2.75, 3.05) is 0 Å². The lowest BCUT2D eigenvalue weighted by Gasteiger charge is -2.12. The molecule has 2 heterocycles. The van der Waals surface area contributed by atoms with Gasteiger partial charge in [-0.15, -0.1) is 5.10 Å². The standard InChI is InChI=1S/C29H22BrN3O4S/c30-23-11-12-26(34)22(15-23)16-27-28(35)33(18-25-10-5-13-36-25)29(38-27)32-31-17-21-8-4-9-24(14-21)37-19-20-6-2-1-3-7-20/h1-17,34H,18-19H2/b27-16-,31-17-,32-29+. The van der Waals surface area contributed by atoms with E-state index in [9.17, 15) is 9.90 Å². The van der Waals surface area contributed by atoms with Crippen LogP contribution in [0.5, 0.6) is 11.5 Å². The van der Waals surface area contributed by atoms with Crippen molar-refractivity contribution in [2.45, 2.75) is 13.2 Å². The Bertz CT molecular complexity index is 1520. The highest BCUT2D eigenvalue weighted by molar-refractivity contribution is 9.10. The van der Waals surface area contributed by atoms with Crippen molar-refractivity contribution in [1.82, 2.24) is 4.90 Å². The van der Waals surface area contributed by atoms with Gasteiger partial charge in [-0.25, -0.2) is 0 Å². The average Bonchev–Trinajstić information content (AvgIpc) is 3.55. The van der Waals surface area contributed by atoms with E-state index in [0.29, 0.717) is 28.0 Å². The maximum atomic E-state index is 13.3. The summed E-state index contributed by atoms with van der Waals surface area (Å²) in [5.41, 5.74) is 2.41. The SMILES string of the molecule is O=C1/C(=C/c2cc(Br)ccc2O)S/C(=N/N=C\c2cccc(OCc3ccccc3)c2)N1Cc1ccco1. The molecule has 38 heavy (non-hydrogen) atoms. The van der Waals surface area contributed by atoms with Gasteiger partial charge in [0, 0.05) is 10.0 Å². The maximum absolute atomic E-state index is 13.3. The Kier molecular flexibility index (Phi) is 8.06. The van der Waals surface area contributed by atoms with E-state index in [1.54, 1.807) is 48.9 Å². The highest BCUT2D eigenvalue weighted by Gasteiger charge is 2.34. The number of ether oxygens (including phenoxy) is 1. The molecular formula is C29H22BrN3O4S. The number of amidine groups is 1. The summed E-state index contributed by atoms with van der Waals surface area (Å²) >= 11 is 4.58. The van der Waals surface area contributed by atoms with E-state index >= 15 is 0 Å². The number of furan rings is 1. The van der Waals surface area contributed by atoms with Crippen LogP contribution in [0.2, 0.25) is 0 Å². The molecule has 0 bridgehead atoms. The fraction of sp³-hybridized carbons (Fsp3) is 0.0690. The van der Waals surface area contributed by atoms with Crippen LogP contribution in [0.3, 0.4) is 0 Å². The number of nitrogens with zero attached hydrogens (tertiary/aromatic N) is 3. The Hall–Kier alpha value is -4.08. The summed E-state index contributed by atoms with van der Waals surface area (Å²) in [7, 11) is 0. The molecule has 0 aliphatic carbocycles. The molecule has 0 atom stereocenters. The monoisotopic (exact) mass is 587 g/mol. The molecule has 0 unspecified atom stereocenters. The third-order valence-corrected chi connectivity index (χ3v) is 7.01. The van der Waals surface area contributed by atoms with Crippen LogP contribution in [0.25, 0.3) is 6.08 Å². The first kappa shape index (κ1) is 25.6. The zero-order valence-electron chi connectivity index (χ0n) is 20.0. The van der Waals surface area contributed by atoms with Crippen LogP contribution in [0, 0.1) is 0 Å². The van der Waals surface area contributed by atoms with Gasteiger partial charge in [0.2, 0.25) is 0 Å². The zero-order valence-corrected chi connectivity index (χ0v) is 22.4. The van der Waals surface area contributed by atoms with Gasteiger partial charge in [0.25, 0.3) is 5.91 Å². The number of rotatable bonds is 8. The van der Waals surface area contributed by atoms with Crippen molar-refractivity contribution in [3.05, 3.63) is 123 Å². The fourth-order valence-corrected chi connectivity index (χ4v) is 4.94. The number of hydrogen-bond donors (Lipinski definition) is 1. The summed E-state index contributed by atoms with van der Waals surface area (Å²) in [4.78, 5) is 15.2. The van der Waals surface area contributed by atoms with Crippen LogP contribution in [-0.2, 0) is 17.9 Å². The van der Waals surface area contributed by atoms with Gasteiger partial charge in [-0.2, -0.15) is 5.10 Å². The molecule has 1 aliphatic rings. The molecule has 7 nitrogen and oxygen atoms in total. The predicted octanol–water partition coefficient (Wildman–Crippen LogP) is 6.83. The Morgan fingerprint density at radius 3 is 2.71 bits per heavy atom. The third kappa shape index (κ3) is 6.42. The van der Waals surface area contributed by atoms with Crippen LogP contribution in [0.4, 0.5) is 0 Å². The highest BCUT2D eigenvalue weighted by Crippen LogP contribution is 2.35. The molecule has 1 saturated heterocycles. The van der Waals surface area contributed by atoms with Gasteiger partial charge < -0.3 is 14.3 Å². The Labute approximate surface area is 232 Å². The Balaban J connectivity index is 1.35. The van der Waals surface area contributed by atoms with Crippen molar-refractivity contribution >= 4 is 51.1 Å². The number of phenols is 1. The summed E-state index contributed by atoms with van der Waals surface area (Å²) in [5, 5.41) is 19.2. The molecule has 0 radical (unpaired) electrons. The van der Waals surface area contributed by atoms with Crippen molar-refractivity contribution in [3.63, 3.8) is 0 Å². The second kappa shape index (κ2) is 12.0. The summed E-state index contributed by atoms with van der Waals surface area (Å²) in [6.45, 7) is 0.671. The van der Waals surface area contributed by atoms with Gasteiger partial charge in [0.1, 0.15) is 23.9 Å². The largest absolute Gasteiger partial charge is 0.507 e. The fourth-order valence-electron chi connectivity index (χ4n) is 3.63. The summed E-state index contributed by atoms with van der Waals surface area (Å²) in [6, 6.07) is 26.1. The van der Waals surface area contributed by atoms with Crippen LogP contribution in [-0.4, -0.2) is 27.3 Å². The van der Waals surface area contributed by atoms with Gasteiger partial charge >= 0.3 is 0 Å². The molecule has 1 aliphatic heterocycles. The molecule has 190 valence electrons. The Morgan fingerprint density at radius 2 is 1.89 bits per heavy atom. The van der Waals surface area contributed by atoms with Crippen LogP contribution >= 0.6 is 27.7 Å². The smallest absolute Gasteiger partial charge is 0.267 e. The van der Waals surface area contributed by atoms with Crippen molar-refractivity contribution < 1.29 is 19.1 Å². The molecule has 0 saturated carbocycles. The number of carbonyl (C=O) groups is 1. The second-order valence-electron chi connectivity index (χ2n) is 8.26. The predicted molar refractivity (Wildman–Crippen MR) is 153 cm³/mol. The van der Waals surface area contributed by atoms with E-state index in [4.69, 9.17) is 9.15 Å². The van der Waals surface area contributed by atoms with Crippen LogP contribution < -0.4 is 4.74 Å². The quantitative estimate of drug-likeness (QED) is 0.139. The average molecular weight is 588 g/mol. The summed E-state index contributed by atoms with van der Waals surface area (Å²) in [6.07, 6.45) is 4.81. The number of carbonyl (C=O) groups excluding carboxylic acids is 1. The first-order valence-corrected chi connectivity index (χ1v) is 13.3. The van der Waals surface area contributed by atoms with Gasteiger partial charge in [-0.05, 0) is 71.4 Å². The van der Waals surface area contributed by atoms with E-state index in [1.165, 1.54) is 16.7 Å². The first-order chi connectivity index (χ1) is 18.5. The van der Waals surface area contributed by atoms with E-state index < -0.39 is 0 Å². The first-order valence-electron chi connectivity index (χ1n) is 11.7. The van der Waals surface area contributed by atoms with Gasteiger partial charge in [0.05, 0.1) is 23.9 Å². The third-order valence-electron chi connectivity index (χ3n) is 5.51. The lowest BCUT2D eigenvalue weighted by Crippen LogP contribution is -2.28. The number of aromatic hydroxyl groups is 1. The molecule has 9 heteroatoms. The summed E-state index contributed by atoms with van der Waals surface area (Å²) < 4.78 is 12.1. The van der Waals surface area contributed by atoms with Crippen molar-refractivity contribution in [1.29, 1.82) is 0 Å². The van der Waals surface area contributed by atoms with Crippen LogP contribution in [0.15, 0.2) is 115 Å². The molecule has 5 rings (SSSR count). The minimum absolute atomic E-state index is 0.0736. The van der Waals surface area contributed by atoms with Crippen molar-refractivity contribution in [2.24, 2.45) is 10.2 Å². The van der Waals surface area contributed by atoms with Crippen molar-refractivity contribution in [3.8, 4) is 11.5 Å². The molecule has 1 aromatic heterocycles. The Morgan fingerprint density at radius 1 is 1.03 bits per heavy atom. The second-order valence-corrected chi connectivity index (χ2v) is 10.2. The number of phenolic OH excluding ortho intramolecular Hbond substituents is 1. The lowest BCUT2D eigenvalue weighted by molar-refractivity contribution is -0.122. The lowest BCUT2D eigenvalue weighted by atomic mass is 10.2. The molecule has 1 amide bonds.